The highest BCUT2D eigenvalue weighted by Gasteiger charge is 2.06. The lowest BCUT2D eigenvalue weighted by atomic mass is 9.97. The van der Waals surface area contributed by atoms with Gasteiger partial charge in [0.2, 0.25) is 0 Å². The highest BCUT2D eigenvalue weighted by atomic mass is 35.5. The standard InChI is InChI=1S/C19H13ClN4O/c20-18-17(11-22-24-19(18)25)23-21-10-16-14-7-3-1-5-12(14)9-13-6-2-4-8-15(13)16/h1-11H,(H2,23,24,25)/b21-10-. The summed E-state index contributed by atoms with van der Waals surface area (Å²) in [5.74, 6) is 0. The van der Waals surface area contributed by atoms with Gasteiger partial charge in [0.1, 0.15) is 10.7 Å². The van der Waals surface area contributed by atoms with Crippen LogP contribution in [-0.2, 0) is 0 Å². The number of nitrogens with one attached hydrogen (secondary N) is 2. The van der Waals surface area contributed by atoms with E-state index in [1.807, 2.05) is 24.3 Å². The van der Waals surface area contributed by atoms with Gasteiger partial charge in [-0.2, -0.15) is 10.2 Å². The molecule has 0 unspecified atom stereocenters. The fourth-order valence-corrected chi connectivity index (χ4v) is 2.95. The minimum absolute atomic E-state index is 0.0231. The largest absolute Gasteiger partial charge is 0.285 e. The molecular weight excluding hydrogens is 336 g/mol. The number of halogens is 1. The average Bonchev–Trinajstić information content (AvgIpc) is 2.64. The zero-order valence-corrected chi connectivity index (χ0v) is 13.8. The number of nitrogens with zero attached hydrogens (tertiary/aromatic N) is 2. The molecule has 0 bridgehead atoms. The summed E-state index contributed by atoms with van der Waals surface area (Å²) in [6.07, 6.45) is 3.16. The quantitative estimate of drug-likeness (QED) is 0.331. The second-order valence-corrected chi connectivity index (χ2v) is 5.91. The third-order valence-corrected chi connectivity index (χ3v) is 4.36. The molecule has 0 radical (unpaired) electrons. The first-order valence-electron chi connectivity index (χ1n) is 7.67. The van der Waals surface area contributed by atoms with Gasteiger partial charge in [0.15, 0.2) is 0 Å². The van der Waals surface area contributed by atoms with Crippen LogP contribution in [0.25, 0.3) is 21.5 Å². The molecule has 0 saturated carbocycles. The van der Waals surface area contributed by atoms with E-state index >= 15 is 0 Å². The van der Waals surface area contributed by atoms with E-state index in [2.05, 4.69) is 51.1 Å². The van der Waals surface area contributed by atoms with Crippen LogP contribution in [0.15, 0.2) is 70.7 Å². The Morgan fingerprint density at radius 2 is 1.68 bits per heavy atom. The molecule has 1 heterocycles. The third kappa shape index (κ3) is 2.86. The Labute approximate surface area is 148 Å². The number of aromatic nitrogens is 2. The van der Waals surface area contributed by atoms with Crippen LogP contribution in [-0.4, -0.2) is 16.4 Å². The van der Waals surface area contributed by atoms with Gasteiger partial charge < -0.3 is 0 Å². The molecule has 122 valence electrons. The molecule has 0 aliphatic carbocycles. The lowest BCUT2D eigenvalue weighted by Crippen LogP contribution is -2.10. The van der Waals surface area contributed by atoms with Crippen molar-refractivity contribution in [2.24, 2.45) is 5.10 Å². The SMILES string of the molecule is O=c1[nH]ncc(N/N=C\c2c3ccccc3cc3ccccc23)c1Cl. The van der Waals surface area contributed by atoms with Gasteiger partial charge in [-0.15, -0.1) is 0 Å². The third-order valence-electron chi connectivity index (χ3n) is 3.99. The molecule has 2 N–H and O–H groups in total. The van der Waals surface area contributed by atoms with Crippen LogP contribution in [0.4, 0.5) is 5.69 Å². The van der Waals surface area contributed by atoms with Crippen LogP contribution in [0.3, 0.4) is 0 Å². The first kappa shape index (κ1) is 15.4. The smallest absolute Gasteiger partial charge is 0.275 e. The second kappa shape index (κ2) is 6.37. The van der Waals surface area contributed by atoms with Crippen LogP contribution in [0.5, 0.6) is 0 Å². The summed E-state index contributed by atoms with van der Waals surface area (Å²) in [4.78, 5) is 11.5. The lowest BCUT2D eigenvalue weighted by molar-refractivity contribution is 0.987. The summed E-state index contributed by atoms with van der Waals surface area (Å²) in [7, 11) is 0. The topological polar surface area (TPSA) is 70.1 Å². The van der Waals surface area contributed by atoms with Crippen molar-refractivity contribution in [2.45, 2.75) is 0 Å². The van der Waals surface area contributed by atoms with Gasteiger partial charge in [-0.3, -0.25) is 10.2 Å². The van der Waals surface area contributed by atoms with E-state index in [0.717, 1.165) is 27.1 Å². The van der Waals surface area contributed by atoms with Crippen molar-refractivity contribution in [3.8, 4) is 0 Å². The average molecular weight is 349 g/mol. The lowest BCUT2D eigenvalue weighted by Gasteiger charge is -2.08. The number of aromatic amines is 1. The first-order valence-corrected chi connectivity index (χ1v) is 8.04. The Morgan fingerprint density at radius 3 is 2.36 bits per heavy atom. The molecule has 25 heavy (non-hydrogen) atoms. The van der Waals surface area contributed by atoms with E-state index in [1.54, 1.807) is 6.21 Å². The molecule has 0 atom stereocenters. The van der Waals surface area contributed by atoms with Crippen molar-refractivity contribution in [3.05, 3.63) is 81.7 Å². The molecule has 4 aromatic rings. The predicted octanol–water partition coefficient (Wildman–Crippen LogP) is 4.18. The number of hydrogen-bond donors (Lipinski definition) is 2. The molecule has 0 saturated heterocycles. The molecule has 0 spiro atoms. The van der Waals surface area contributed by atoms with Gasteiger partial charge in [-0.25, -0.2) is 5.10 Å². The van der Waals surface area contributed by atoms with Gasteiger partial charge >= 0.3 is 0 Å². The number of benzene rings is 3. The Hall–Kier alpha value is -3.18. The van der Waals surface area contributed by atoms with Gasteiger partial charge in [0, 0.05) is 5.56 Å². The molecular formula is C19H13ClN4O. The molecule has 6 heteroatoms. The van der Waals surface area contributed by atoms with Crippen LogP contribution in [0.2, 0.25) is 5.02 Å². The molecule has 5 nitrogen and oxygen atoms in total. The molecule has 0 fully saturated rings. The van der Waals surface area contributed by atoms with Crippen molar-refractivity contribution in [1.82, 2.24) is 10.2 Å². The van der Waals surface area contributed by atoms with Gasteiger partial charge in [0.25, 0.3) is 5.56 Å². The maximum atomic E-state index is 11.5. The minimum Gasteiger partial charge on any atom is -0.275 e. The Balaban J connectivity index is 1.82. The number of hydrogen-bond acceptors (Lipinski definition) is 4. The highest BCUT2D eigenvalue weighted by Crippen LogP contribution is 2.27. The summed E-state index contributed by atoms with van der Waals surface area (Å²) in [5.41, 5.74) is 3.67. The van der Waals surface area contributed by atoms with E-state index in [4.69, 9.17) is 11.6 Å². The summed E-state index contributed by atoms with van der Waals surface area (Å²) >= 11 is 5.94. The van der Waals surface area contributed by atoms with Crippen LogP contribution in [0, 0.1) is 0 Å². The Bertz CT molecular complexity index is 1110. The van der Waals surface area contributed by atoms with Gasteiger partial charge in [-0.1, -0.05) is 60.1 Å². The number of hydrazone groups is 1. The second-order valence-electron chi connectivity index (χ2n) is 5.53. The summed E-state index contributed by atoms with van der Waals surface area (Å²) in [6.45, 7) is 0. The maximum absolute atomic E-state index is 11.5. The van der Waals surface area contributed by atoms with E-state index in [-0.39, 0.29) is 5.02 Å². The normalized spacial score (nSPS) is 11.4. The summed E-state index contributed by atoms with van der Waals surface area (Å²) < 4.78 is 0. The first-order chi connectivity index (χ1) is 12.2. The summed E-state index contributed by atoms with van der Waals surface area (Å²) in [5, 5.41) is 14.7. The van der Waals surface area contributed by atoms with E-state index in [0.29, 0.717) is 5.69 Å². The van der Waals surface area contributed by atoms with Crippen LogP contribution in [0.1, 0.15) is 5.56 Å². The van der Waals surface area contributed by atoms with Crippen LogP contribution < -0.4 is 11.0 Å². The number of H-pyrrole nitrogens is 1. The minimum atomic E-state index is -0.461. The number of rotatable bonds is 3. The number of fused-ring (bicyclic) bond motifs is 2. The highest BCUT2D eigenvalue weighted by molar-refractivity contribution is 6.32. The fraction of sp³-hybridized carbons (Fsp3) is 0. The Kier molecular flexibility index (Phi) is 3.91. The van der Waals surface area contributed by atoms with Gasteiger partial charge in [-0.05, 0) is 27.6 Å². The zero-order valence-electron chi connectivity index (χ0n) is 13.0. The molecule has 0 aliphatic rings. The Morgan fingerprint density at radius 1 is 1.04 bits per heavy atom. The van der Waals surface area contributed by atoms with Crippen molar-refractivity contribution in [2.75, 3.05) is 5.43 Å². The van der Waals surface area contributed by atoms with Crippen molar-refractivity contribution < 1.29 is 0 Å². The summed E-state index contributed by atoms with van der Waals surface area (Å²) in [6, 6.07) is 18.5. The molecule has 3 aromatic carbocycles. The van der Waals surface area contributed by atoms with Crippen molar-refractivity contribution in [1.29, 1.82) is 0 Å². The van der Waals surface area contributed by atoms with Gasteiger partial charge in [0.05, 0.1) is 12.4 Å². The predicted molar refractivity (Wildman–Crippen MR) is 103 cm³/mol. The zero-order chi connectivity index (χ0) is 17.2. The number of anilines is 1. The van der Waals surface area contributed by atoms with Crippen molar-refractivity contribution in [3.63, 3.8) is 0 Å². The van der Waals surface area contributed by atoms with E-state index in [1.165, 1.54) is 6.20 Å². The fourth-order valence-electron chi connectivity index (χ4n) is 2.82. The van der Waals surface area contributed by atoms with E-state index in [9.17, 15) is 4.79 Å². The molecule has 0 amide bonds. The van der Waals surface area contributed by atoms with Crippen molar-refractivity contribution >= 4 is 45.0 Å². The van der Waals surface area contributed by atoms with Crippen LogP contribution >= 0.6 is 11.6 Å². The molecule has 0 aliphatic heterocycles. The molecule has 4 rings (SSSR count). The van der Waals surface area contributed by atoms with E-state index < -0.39 is 5.56 Å². The monoisotopic (exact) mass is 348 g/mol. The molecule has 1 aromatic heterocycles. The maximum Gasteiger partial charge on any atom is 0.285 e.